The van der Waals surface area contributed by atoms with Crippen molar-refractivity contribution in [1.82, 2.24) is 20.5 Å². The van der Waals surface area contributed by atoms with E-state index in [1.165, 1.54) is 0 Å². The second-order valence-electron chi connectivity index (χ2n) is 10.3. The number of carbonyl (C=O) groups excluding carboxylic acids is 3. The zero-order chi connectivity index (χ0) is 28.4. The molecule has 2 aliphatic rings. The van der Waals surface area contributed by atoms with Crippen LogP contribution in [0.4, 0.5) is 0 Å². The molecule has 3 N–H and O–H groups in total. The average molecular weight is 585 g/mol. The highest BCUT2D eigenvalue weighted by Crippen LogP contribution is 2.34. The fraction of sp³-hybridized carbons (Fsp3) is 0.429. The Morgan fingerprint density at radius 3 is 2.42 bits per heavy atom. The summed E-state index contributed by atoms with van der Waals surface area (Å²) in [4.78, 5) is 44.1. The van der Waals surface area contributed by atoms with Gasteiger partial charge in [-0.2, -0.15) is 0 Å². The van der Waals surface area contributed by atoms with Crippen molar-refractivity contribution in [1.29, 1.82) is 0 Å². The summed E-state index contributed by atoms with van der Waals surface area (Å²) in [6.07, 6.45) is 3.85. The summed E-state index contributed by atoms with van der Waals surface area (Å²) < 4.78 is 27.0. The average Bonchev–Trinajstić information content (AvgIpc) is 3.88. The predicted molar refractivity (Wildman–Crippen MR) is 153 cm³/mol. The van der Waals surface area contributed by atoms with Gasteiger partial charge >= 0.3 is 0 Å². The number of nitrogens with one attached hydrogen (secondary N) is 2. The highest BCUT2D eigenvalue weighted by Gasteiger charge is 2.37. The van der Waals surface area contributed by atoms with Crippen molar-refractivity contribution in [2.75, 3.05) is 26.0 Å². The number of rotatable bonds is 12. The number of carbonyl (C=O) groups is 3. The van der Waals surface area contributed by atoms with Gasteiger partial charge in [0.05, 0.1) is 22.5 Å². The molecule has 212 valence electrons. The summed E-state index contributed by atoms with van der Waals surface area (Å²) in [7, 11) is -2.20. The number of aliphatic hydroxyl groups excluding tert-OH is 1. The third-order valence-corrected chi connectivity index (χ3v) is 10.3. The Balaban J connectivity index is 1.37. The van der Waals surface area contributed by atoms with Crippen molar-refractivity contribution in [2.45, 2.75) is 49.4 Å². The molecule has 5 rings (SSSR count). The van der Waals surface area contributed by atoms with Crippen LogP contribution in [0.5, 0.6) is 0 Å². The van der Waals surface area contributed by atoms with Crippen molar-refractivity contribution >= 4 is 49.1 Å². The van der Waals surface area contributed by atoms with Crippen LogP contribution in [0.2, 0.25) is 0 Å². The highest BCUT2D eigenvalue weighted by atomic mass is 32.2. The second-order valence-corrected chi connectivity index (χ2v) is 13.6. The minimum Gasteiger partial charge on any atom is -0.396 e. The zero-order valence-corrected chi connectivity index (χ0v) is 23.8. The number of aromatic nitrogens is 1. The highest BCUT2D eigenvalue weighted by molar-refractivity contribution is 7.92. The largest absolute Gasteiger partial charge is 0.396 e. The van der Waals surface area contributed by atoms with Crippen LogP contribution in [0.1, 0.15) is 52.7 Å². The van der Waals surface area contributed by atoms with Gasteiger partial charge in [-0.15, -0.1) is 11.3 Å². The molecule has 2 saturated carbocycles. The maximum Gasteiger partial charge on any atom is 0.253 e. The van der Waals surface area contributed by atoms with E-state index in [9.17, 15) is 27.9 Å². The Kier molecular flexibility index (Phi) is 8.20. The van der Waals surface area contributed by atoms with Gasteiger partial charge in [0.15, 0.2) is 15.1 Å². The van der Waals surface area contributed by atoms with Crippen LogP contribution < -0.4 is 10.6 Å². The lowest BCUT2D eigenvalue weighted by Gasteiger charge is -2.16. The van der Waals surface area contributed by atoms with E-state index in [0.717, 1.165) is 48.1 Å². The van der Waals surface area contributed by atoms with Gasteiger partial charge in [0, 0.05) is 31.3 Å². The molecule has 0 saturated heterocycles. The molecule has 2 aromatic carbocycles. The maximum absolute atomic E-state index is 13.2. The number of hydrogen-bond donors (Lipinski definition) is 3. The van der Waals surface area contributed by atoms with Gasteiger partial charge in [-0.25, -0.2) is 13.4 Å². The summed E-state index contributed by atoms with van der Waals surface area (Å²) in [5.41, 5.74) is 2.91. The van der Waals surface area contributed by atoms with Crippen LogP contribution in [0.3, 0.4) is 0 Å². The van der Waals surface area contributed by atoms with Crippen LogP contribution in [0, 0.1) is 0 Å². The molecular formula is C28H32N4O6S2. The number of thiazole rings is 1. The minimum atomic E-state index is -4.02. The number of benzene rings is 2. The molecule has 0 spiro atoms. The molecule has 1 heterocycles. The van der Waals surface area contributed by atoms with Crippen molar-refractivity contribution in [3.8, 4) is 11.1 Å². The van der Waals surface area contributed by atoms with Crippen molar-refractivity contribution in [3.05, 3.63) is 53.0 Å². The Hall–Kier alpha value is -3.35. The first-order valence-corrected chi connectivity index (χ1v) is 15.9. The number of amides is 3. The molecule has 2 aliphatic carbocycles. The first-order valence-electron chi connectivity index (χ1n) is 13.3. The minimum absolute atomic E-state index is 0.00616. The number of sulfone groups is 1. The van der Waals surface area contributed by atoms with E-state index in [1.54, 1.807) is 23.1 Å². The molecule has 40 heavy (non-hydrogen) atoms. The monoisotopic (exact) mass is 584 g/mol. The number of nitrogens with zero attached hydrogens (tertiary/aromatic N) is 2. The van der Waals surface area contributed by atoms with Crippen molar-refractivity contribution in [3.63, 3.8) is 0 Å². The third kappa shape index (κ3) is 6.51. The van der Waals surface area contributed by atoms with Gasteiger partial charge in [-0.05, 0) is 67.5 Å². The number of aliphatic hydroxyl groups is 1. The Morgan fingerprint density at radius 2 is 1.77 bits per heavy atom. The Bertz CT molecular complexity index is 1530. The molecule has 10 nitrogen and oxygen atoms in total. The lowest BCUT2D eigenvalue weighted by atomic mass is 10.0. The van der Waals surface area contributed by atoms with Crippen molar-refractivity contribution in [2.24, 2.45) is 0 Å². The Morgan fingerprint density at radius 1 is 1.07 bits per heavy atom. The van der Waals surface area contributed by atoms with E-state index < -0.39 is 26.7 Å². The van der Waals surface area contributed by atoms with Gasteiger partial charge in [0.1, 0.15) is 5.01 Å². The van der Waals surface area contributed by atoms with E-state index in [4.69, 9.17) is 0 Å². The van der Waals surface area contributed by atoms with Crippen LogP contribution >= 0.6 is 11.3 Å². The summed E-state index contributed by atoms with van der Waals surface area (Å²) in [5.74, 6) is -1.59. The maximum atomic E-state index is 13.2. The first kappa shape index (κ1) is 28.2. The van der Waals surface area contributed by atoms with E-state index in [0.29, 0.717) is 21.8 Å². The molecule has 12 heteroatoms. The van der Waals surface area contributed by atoms with Gasteiger partial charge in [-0.1, -0.05) is 18.2 Å². The number of hydrogen-bond acceptors (Lipinski definition) is 8. The molecule has 0 bridgehead atoms. The van der Waals surface area contributed by atoms with Crippen LogP contribution in [0.15, 0.2) is 42.5 Å². The lowest BCUT2D eigenvalue weighted by molar-refractivity contribution is -0.126. The molecular weight excluding hydrogens is 552 g/mol. The second kappa shape index (κ2) is 11.6. The SMILES string of the molecule is CN(C(=O)c1ccc(-c2ccc3nc(C(C(=O)NCC(=O)NC4CC4)S(=O)(=O)CCCO)sc3c2)cc1)C1CC1. The predicted octanol–water partition coefficient (Wildman–Crippen LogP) is 2.43. The van der Waals surface area contributed by atoms with Crippen molar-refractivity contribution < 1.29 is 27.9 Å². The quantitative estimate of drug-likeness (QED) is 0.296. The lowest BCUT2D eigenvalue weighted by Crippen LogP contribution is -2.41. The van der Waals surface area contributed by atoms with Crippen LogP contribution in [0.25, 0.3) is 21.3 Å². The molecule has 3 aromatic rings. The molecule has 1 atom stereocenters. The van der Waals surface area contributed by atoms with Crippen LogP contribution in [-0.2, 0) is 19.4 Å². The fourth-order valence-corrected chi connectivity index (χ4v) is 7.56. The van der Waals surface area contributed by atoms with Crippen LogP contribution in [-0.4, -0.2) is 79.2 Å². The molecule has 1 unspecified atom stereocenters. The molecule has 3 amide bonds. The van der Waals surface area contributed by atoms with Gasteiger partial charge in [0.2, 0.25) is 11.8 Å². The summed E-state index contributed by atoms with van der Waals surface area (Å²) in [6.45, 7) is -0.660. The van der Waals surface area contributed by atoms with Gasteiger partial charge in [0.25, 0.3) is 5.91 Å². The summed E-state index contributed by atoms with van der Waals surface area (Å²) >= 11 is 1.10. The third-order valence-electron chi connectivity index (χ3n) is 7.06. The van der Waals surface area contributed by atoms with E-state index >= 15 is 0 Å². The van der Waals surface area contributed by atoms with Gasteiger partial charge < -0.3 is 20.6 Å². The smallest absolute Gasteiger partial charge is 0.253 e. The van der Waals surface area contributed by atoms with E-state index in [2.05, 4.69) is 15.6 Å². The zero-order valence-electron chi connectivity index (χ0n) is 22.1. The summed E-state index contributed by atoms with van der Waals surface area (Å²) in [6, 6.07) is 13.3. The molecule has 0 aliphatic heterocycles. The summed E-state index contributed by atoms with van der Waals surface area (Å²) in [5, 5.41) is 12.9. The number of fused-ring (bicyclic) bond motifs is 1. The topological polar surface area (TPSA) is 146 Å². The van der Waals surface area contributed by atoms with Gasteiger partial charge in [-0.3, -0.25) is 14.4 Å². The molecule has 2 fully saturated rings. The van der Waals surface area contributed by atoms with E-state index in [-0.39, 0.29) is 42.4 Å². The molecule has 1 aromatic heterocycles. The standard InChI is InChI=1S/C28H32N4O6S2/c1-32(21-10-11-21)28(36)18-5-3-17(4-6-18)19-7-12-22-23(15-19)39-27(31-22)25(40(37,38)14-2-13-33)26(35)29-16-24(34)30-20-8-9-20/h3-7,12,15,20-21,25,33H,2,8-11,13-14,16H2,1H3,(H,29,35)(H,30,34). The molecule has 0 radical (unpaired) electrons. The van der Waals surface area contributed by atoms with E-state index in [1.807, 2.05) is 31.3 Å². The Labute approximate surface area is 236 Å². The first-order chi connectivity index (χ1) is 19.2. The normalized spacial score (nSPS) is 15.9. The fourth-order valence-electron chi connectivity index (χ4n) is 4.45.